The number of nitrogens with zero attached hydrogens (tertiary/aromatic N) is 1. The highest BCUT2D eigenvalue weighted by molar-refractivity contribution is 5.66. The van der Waals surface area contributed by atoms with Gasteiger partial charge in [0.25, 0.3) is 0 Å². The minimum atomic E-state index is -1.28. The quantitative estimate of drug-likeness (QED) is 0.537. The first-order chi connectivity index (χ1) is 19.0. The molecule has 2 aliphatic carbocycles. The molecule has 2 N–H and O–H groups in total. The van der Waals surface area contributed by atoms with Gasteiger partial charge in [0.2, 0.25) is 0 Å². The maximum Gasteiger partial charge on any atom is 0.345 e. The van der Waals surface area contributed by atoms with Gasteiger partial charge >= 0.3 is 17.6 Å². The lowest BCUT2D eigenvalue weighted by atomic mass is 9.51. The van der Waals surface area contributed by atoms with E-state index in [0.29, 0.717) is 18.4 Å². The highest BCUT2D eigenvalue weighted by Crippen LogP contribution is 2.60. The number of hydrogen-bond acceptors (Lipinski definition) is 10. The first kappa shape index (κ1) is 28.3. The lowest BCUT2D eigenvalue weighted by molar-refractivity contribution is -0.224. The van der Waals surface area contributed by atoms with Crippen molar-refractivity contribution >= 4 is 11.9 Å². The van der Waals surface area contributed by atoms with E-state index in [9.17, 15) is 24.6 Å². The van der Waals surface area contributed by atoms with Crippen LogP contribution in [-0.2, 0) is 19.1 Å². The van der Waals surface area contributed by atoms with Gasteiger partial charge in [-0.1, -0.05) is 13.3 Å². The molecule has 10 heteroatoms. The van der Waals surface area contributed by atoms with Crippen LogP contribution in [0.5, 0.6) is 5.75 Å². The number of pyridine rings is 1. The molecular formula is C30H37NO9. The lowest BCUT2D eigenvalue weighted by Gasteiger charge is -2.59. The Labute approximate surface area is 232 Å². The van der Waals surface area contributed by atoms with E-state index in [1.807, 2.05) is 6.92 Å². The van der Waals surface area contributed by atoms with Crippen LogP contribution in [0.25, 0.3) is 11.3 Å². The second-order valence-corrected chi connectivity index (χ2v) is 11.9. The van der Waals surface area contributed by atoms with Crippen molar-refractivity contribution in [1.82, 2.24) is 4.98 Å². The number of carbonyl (C=O) groups is 2. The van der Waals surface area contributed by atoms with Gasteiger partial charge in [0, 0.05) is 49.2 Å². The Morgan fingerprint density at radius 1 is 1.15 bits per heavy atom. The molecule has 8 atom stereocenters. The zero-order chi connectivity index (χ0) is 28.8. The molecule has 0 bridgehead atoms. The van der Waals surface area contributed by atoms with E-state index >= 15 is 0 Å². The highest BCUT2D eigenvalue weighted by atomic mass is 16.6. The van der Waals surface area contributed by atoms with Crippen molar-refractivity contribution in [3.63, 3.8) is 0 Å². The minimum absolute atomic E-state index is 0.0122. The van der Waals surface area contributed by atoms with Crippen LogP contribution >= 0.6 is 0 Å². The van der Waals surface area contributed by atoms with E-state index in [4.69, 9.17) is 18.6 Å². The molecule has 0 amide bonds. The van der Waals surface area contributed by atoms with Gasteiger partial charge in [0.1, 0.15) is 35.4 Å². The second-order valence-electron chi connectivity index (χ2n) is 11.9. The molecule has 1 aliphatic heterocycles. The molecule has 2 aromatic heterocycles. The number of esters is 2. The Morgan fingerprint density at radius 3 is 2.58 bits per heavy atom. The van der Waals surface area contributed by atoms with Crippen LogP contribution in [0.1, 0.15) is 71.5 Å². The summed E-state index contributed by atoms with van der Waals surface area (Å²) < 4.78 is 23.4. The highest BCUT2D eigenvalue weighted by Gasteiger charge is 2.63. The molecule has 0 saturated heterocycles. The third-order valence-electron chi connectivity index (χ3n) is 9.37. The fraction of sp³-hybridized carbons (Fsp3) is 0.600. The third kappa shape index (κ3) is 4.81. The summed E-state index contributed by atoms with van der Waals surface area (Å²) in [5.74, 6) is -1.70. The van der Waals surface area contributed by atoms with Gasteiger partial charge in [-0.3, -0.25) is 14.6 Å². The summed E-state index contributed by atoms with van der Waals surface area (Å²) in [6, 6.07) is 5.04. The number of rotatable bonds is 4. The van der Waals surface area contributed by atoms with Gasteiger partial charge in [-0.2, -0.15) is 0 Å². The summed E-state index contributed by atoms with van der Waals surface area (Å²) in [5.41, 5.74) is -2.18. The van der Waals surface area contributed by atoms with Crippen molar-refractivity contribution in [3.8, 4) is 17.1 Å². The predicted molar refractivity (Wildman–Crippen MR) is 142 cm³/mol. The average Bonchev–Trinajstić information content (AvgIpc) is 2.89. The Hall–Kier alpha value is -3.24. The van der Waals surface area contributed by atoms with E-state index in [1.54, 1.807) is 37.5 Å². The Kier molecular flexibility index (Phi) is 7.52. The summed E-state index contributed by atoms with van der Waals surface area (Å²) in [4.78, 5) is 41.4. The number of ether oxygens (including phenoxy) is 3. The van der Waals surface area contributed by atoms with E-state index in [-0.39, 0.29) is 41.9 Å². The van der Waals surface area contributed by atoms with Gasteiger partial charge in [-0.25, -0.2) is 4.79 Å². The molecular weight excluding hydrogens is 518 g/mol. The number of aliphatic hydroxyl groups excluding tert-OH is 2. The molecule has 2 unspecified atom stereocenters. The Balaban J connectivity index is 1.60. The van der Waals surface area contributed by atoms with Gasteiger partial charge in [-0.15, -0.1) is 0 Å². The smallest absolute Gasteiger partial charge is 0.345 e. The predicted octanol–water partition coefficient (Wildman–Crippen LogP) is 3.57. The molecule has 3 aliphatic rings. The van der Waals surface area contributed by atoms with E-state index < -0.39 is 52.8 Å². The monoisotopic (exact) mass is 555 g/mol. The molecule has 216 valence electrons. The van der Waals surface area contributed by atoms with Crippen LogP contribution in [0.3, 0.4) is 0 Å². The maximum atomic E-state index is 13.3. The van der Waals surface area contributed by atoms with Crippen LogP contribution in [0.15, 0.2) is 39.8 Å². The number of carbonyl (C=O) groups excluding carboxylic acids is 2. The summed E-state index contributed by atoms with van der Waals surface area (Å²) in [6.45, 7) is 6.35. The molecule has 2 fully saturated rings. The fourth-order valence-corrected chi connectivity index (χ4v) is 7.40. The number of aromatic nitrogens is 1. The third-order valence-corrected chi connectivity index (χ3v) is 9.37. The molecule has 2 aromatic rings. The Morgan fingerprint density at radius 2 is 1.90 bits per heavy atom. The van der Waals surface area contributed by atoms with Crippen molar-refractivity contribution < 1.29 is 38.4 Å². The largest absolute Gasteiger partial charge is 0.484 e. The topological polar surface area (TPSA) is 145 Å². The molecule has 0 spiro atoms. The van der Waals surface area contributed by atoms with Crippen molar-refractivity contribution in [2.24, 2.45) is 23.2 Å². The van der Waals surface area contributed by atoms with E-state index in [0.717, 1.165) is 12.8 Å². The molecule has 2 saturated carbocycles. The zero-order valence-corrected chi connectivity index (χ0v) is 23.3. The Bertz CT molecular complexity index is 1330. The second kappa shape index (κ2) is 10.6. The van der Waals surface area contributed by atoms with Gasteiger partial charge in [-0.05, 0) is 56.6 Å². The molecule has 40 heavy (non-hydrogen) atoms. The van der Waals surface area contributed by atoms with Gasteiger partial charge in [0.05, 0.1) is 12.2 Å². The van der Waals surface area contributed by atoms with E-state index in [1.165, 1.54) is 13.8 Å². The first-order valence-corrected chi connectivity index (χ1v) is 13.9. The molecule has 0 radical (unpaired) electrons. The van der Waals surface area contributed by atoms with Crippen molar-refractivity contribution in [2.75, 3.05) is 6.61 Å². The fourth-order valence-electron chi connectivity index (χ4n) is 7.40. The van der Waals surface area contributed by atoms with Crippen LogP contribution in [0.2, 0.25) is 0 Å². The zero-order valence-electron chi connectivity index (χ0n) is 23.3. The lowest BCUT2D eigenvalue weighted by Crippen LogP contribution is -2.66. The normalized spacial score (nSPS) is 35.0. The number of hydrogen-bond donors (Lipinski definition) is 2. The van der Waals surface area contributed by atoms with Crippen molar-refractivity contribution in [1.29, 1.82) is 0 Å². The summed E-state index contributed by atoms with van der Waals surface area (Å²) in [5, 5.41) is 23.5. The summed E-state index contributed by atoms with van der Waals surface area (Å²) >= 11 is 0. The van der Waals surface area contributed by atoms with Crippen LogP contribution in [0, 0.1) is 23.2 Å². The van der Waals surface area contributed by atoms with Crippen LogP contribution in [0.4, 0.5) is 0 Å². The average molecular weight is 556 g/mol. The number of fused-ring (bicyclic) bond motifs is 4. The number of aliphatic hydroxyl groups is 2. The SMILES string of the molecule is CC(=O)OC[C@]1(C)C2C[C@H](O)[C@@]3(C)Oc4cc(-c5cccnc5)oc(=O)c4[C@H](O)C3[C@@H]2CCCC[C@@H]1OC(C)=O. The molecule has 3 heterocycles. The molecule has 5 rings (SSSR count). The molecule has 0 aromatic carbocycles. The van der Waals surface area contributed by atoms with E-state index in [2.05, 4.69) is 4.98 Å². The van der Waals surface area contributed by atoms with Crippen molar-refractivity contribution in [2.45, 2.75) is 83.7 Å². The minimum Gasteiger partial charge on any atom is -0.484 e. The first-order valence-electron chi connectivity index (χ1n) is 13.9. The summed E-state index contributed by atoms with van der Waals surface area (Å²) in [6.07, 6.45) is 3.39. The standard InChI is InChI=1S/C30H37NO9/c1-16(32)37-15-29(3)20-12-23(34)30(4)26(19(20)9-5-6-10-24(29)38-17(2)33)27(35)25-22(40-30)13-21(39-28(25)36)18-8-7-11-31-14-18/h7-8,11,13-14,19-20,23-24,26-27,34-35H,5-6,9-10,12,15H2,1-4H3/t19-,20?,23+,24+,26?,27+,29-,30-/m1/s1. The van der Waals surface area contributed by atoms with Crippen LogP contribution < -0.4 is 10.4 Å². The van der Waals surface area contributed by atoms with Gasteiger partial charge in [0.15, 0.2) is 0 Å². The van der Waals surface area contributed by atoms with Crippen molar-refractivity contribution in [3.05, 3.63) is 46.6 Å². The van der Waals surface area contributed by atoms with Crippen LogP contribution in [-0.4, -0.2) is 51.6 Å². The van der Waals surface area contributed by atoms with Gasteiger partial charge < -0.3 is 28.8 Å². The summed E-state index contributed by atoms with van der Waals surface area (Å²) in [7, 11) is 0. The maximum absolute atomic E-state index is 13.3. The molecule has 10 nitrogen and oxygen atoms in total.